The van der Waals surface area contributed by atoms with Gasteiger partial charge in [-0.3, -0.25) is 13.9 Å². The summed E-state index contributed by atoms with van der Waals surface area (Å²) >= 11 is 12.7. The van der Waals surface area contributed by atoms with Crippen LogP contribution in [0.1, 0.15) is 37.8 Å². The second-order valence-electron chi connectivity index (χ2n) is 9.46. The molecular formula is C30H35Cl2N3O4S. The van der Waals surface area contributed by atoms with Crippen LogP contribution >= 0.6 is 23.2 Å². The Morgan fingerprint density at radius 2 is 1.62 bits per heavy atom. The Balaban J connectivity index is 2.04. The third-order valence-corrected chi connectivity index (χ3v) is 8.81. The molecule has 0 aromatic heterocycles. The third-order valence-electron chi connectivity index (χ3n) is 6.48. The topological polar surface area (TPSA) is 86.8 Å². The van der Waals surface area contributed by atoms with Crippen LogP contribution in [-0.2, 0) is 26.0 Å². The first-order chi connectivity index (χ1) is 19.1. The van der Waals surface area contributed by atoms with Crippen molar-refractivity contribution in [2.75, 3.05) is 23.9 Å². The first-order valence-corrected chi connectivity index (χ1v) is 15.4. The monoisotopic (exact) mass is 603 g/mol. The van der Waals surface area contributed by atoms with Crippen molar-refractivity contribution in [1.29, 1.82) is 0 Å². The van der Waals surface area contributed by atoms with Gasteiger partial charge in [-0.2, -0.15) is 0 Å². The molecule has 0 fully saturated rings. The van der Waals surface area contributed by atoms with Crippen LogP contribution in [0, 0.1) is 6.92 Å². The predicted molar refractivity (Wildman–Crippen MR) is 161 cm³/mol. The molecule has 7 nitrogen and oxygen atoms in total. The van der Waals surface area contributed by atoms with E-state index in [1.807, 2.05) is 51.1 Å². The Morgan fingerprint density at radius 3 is 2.25 bits per heavy atom. The second-order valence-corrected chi connectivity index (χ2v) is 12.2. The summed E-state index contributed by atoms with van der Waals surface area (Å²) in [5, 5.41) is 3.26. The van der Waals surface area contributed by atoms with Gasteiger partial charge in [0.15, 0.2) is 0 Å². The van der Waals surface area contributed by atoms with Gasteiger partial charge in [-0.15, -0.1) is 0 Å². The van der Waals surface area contributed by atoms with Crippen LogP contribution in [0.2, 0.25) is 10.0 Å². The lowest BCUT2D eigenvalue weighted by Gasteiger charge is -2.33. The molecule has 0 aliphatic carbocycles. The van der Waals surface area contributed by atoms with Gasteiger partial charge < -0.3 is 10.2 Å². The van der Waals surface area contributed by atoms with Gasteiger partial charge >= 0.3 is 0 Å². The van der Waals surface area contributed by atoms with E-state index in [0.717, 1.165) is 21.9 Å². The van der Waals surface area contributed by atoms with E-state index in [-0.39, 0.29) is 33.1 Å². The Labute approximate surface area is 247 Å². The number of nitrogens with zero attached hydrogens (tertiary/aromatic N) is 2. The molecular weight excluding hydrogens is 569 g/mol. The number of rotatable bonds is 13. The average molecular weight is 605 g/mol. The van der Waals surface area contributed by atoms with E-state index in [0.29, 0.717) is 19.4 Å². The molecule has 10 heteroatoms. The van der Waals surface area contributed by atoms with Crippen LogP contribution in [0.5, 0.6) is 0 Å². The van der Waals surface area contributed by atoms with Gasteiger partial charge in [0, 0.05) is 18.1 Å². The largest absolute Gasteiger partial charge is 0.354 e. The van der Waals surface area contributed by atoms with Crippen LogP contribution < -0.4 is 9.62 Å². The molecule has 3 rings (SSSR count). The first-order valence-electron chi connectivity index (χ1n) is 13.2. The molecule has 0 bridgehead atoms. The molecule has 0 radical (unpaired) electrons. The molecule has 40 heavy (non-hydrogen) atoms. The molecule has 1 N–H and O–H groups in total. The van der Waals surface area contributed by atoms with Gasteiger partial charge in [0.25, 0.3) is 10.0 Å². The summed E-state index contributed by atoms with van der Waals surface area (Å²) in [6, 6.07) is 19.6. The maximum Gasteiger partial charge on any atom is 0.264 e. The molecule has 214 valence electrons. The van der Waals surface area contributed by atoms with E-state index < -0.39 is 28.5 Å². The highest BCUT2D eigenvalue weighted by molar-refractivity contribution is 7.92. The quantitative estimate of drug-likeness (QED) is 0.264. The highest BCUT2D eigenvalue weighted by Gasteiger charge is 2.34. The lowest BCUT2D eigenvalue weighted by molar-refractivity contribution is -0.139. The van der Waals surface area contributed by atoms with E-state index in [4.69, 9.17) is 23.2 Å². The van der Waals surface area contributed by atoms with Gasteiger partial charge in [-0.1, -0.05) is 85.1 Å². The highest BCUT2D eigenvalue weighted by atomic mass is 35.5. The number of aryl methyl sites for hydroxylation is 1. The summed E-state index contributed by atoms with van der Waals surface area (Å²) < 4.78 is 28.8. The number of halogens is 2. The lowest BCUT2D eigenvalue weighted by Crippen LogP contribution is -2.53. The number of amides is 2. The lowest BCUT2D eigenvalue weighted by atomic mass is 10.1. The number of hydrogen-bond donors (Lipinski definition) is 1. The number of sulfonamides is 1. The van der Waals surface area contributed by atoms with Gasteiger partial charge in [-0.25, -0.2) is 8.42 Å². The highest BCUT2D eigenvalue weighted by Crippen LogP contribution is 2.33. The number of nitrogens with one attached hydrogen (secondary N) is 1. The molecule has 0 heterocycles. The zero-order chi connectivity index (χ0) is 29.3. The van der Waals surface area contributed by atoms with E-state index >= 15 is 0 Å². The number of hydrogen-bond acceptors (Lipinski definition) is 4. The molecule has 0 spiro atoms. The molecule has 3 aromatic carbocycles. The average Bonchev–Trinajstić information content (AvgIpc) is 2.94. The minimum Gasteiger partial charge on any atom is -0.354 e. The summed E-state index contributed by atoms with van der Waals surface area (Å²) in [4.78, 5) is 28.6. The molecule has 3 aromatic rings. The van der Waals surface area contributed by atoms with Crippen molar-refractivity contribution < 1.29 is 18.0 Å². The Kier molecular flexibility index (Phi) is 11.4. The van der Waals surface area contributed by atoms with E-state index in [1.165, 1.54) is 29.2 Å². The number of carbonyl (C=O) groups excluding carboxylic acids is 2. The maximum absolute atomic E-state index is 14.0. The maximum atomic E-state index is 14.0. The Bertz CT molecular complexity index is 1400. The minimum atomic E-state index is -4.23. The number of carbonyl (C=O) groups is 2. The third kappa shape index (κ3) is 7.99. The van der Waals surface area contributed by atoms with Gasteiger partial charge in [-0.05, 0) is 62.1 Å². The van der Waals surface area contributed by atoms with Crippen LogP contribution in [0.3, 0.4) is 0 Å². The van der Waals surface area contributed by atoms with Crippen molar-refractivity contribution in [2.24, 2.45) is 0 Å². The van der Waals surface area contributed by atoms with Crippen LogP contribution in [0.15, 0.2) is 77.7 Å². The van der Waals surface area contributed by atoms with Crippen molar-refractivity contribution in [3.05, 3.63) is 94.0 Å². The van der Waals surface area contributed by atoms with Crippen molar-refractivity contribution >= 4 is 50.7 Å². The Morgan fingerprint density at radius 1 is 0.950 bits per heavy atom. The van der Waals surface area contributed by atoms with Gasteiger partial charge in [0.1, 0.15) is 12.6 Å². The van der Waals surface area contributed by atoms with Crippen LogP contribution in [0.25, 0.3) is 0 Å². The van der Waals surface area contributed by atoms with Gasteiger partial charge in [0.05, 0.1) is 15.6 Å². The van der Waals surface area contributed by atoms with Crippen LogP contribution in [-0.4, -0.2) is 50.8 Å². The normalized spacial score (nSPS) is 12.0. The molecule has 0 saturated carbocycles. The first kappa shape index (κ1) is 31.5. The predicted octanol–water partition coefficient (Wildman–Crippen LogP) is 5.87. The number of benzene rings is 3. The molecule has 2 amide bonds. The van der Waals surface area contributed by atoms with Gasteiger partial charge in [0.2, 0.25) is 11.8 Å². The molecule has 1 atom stereocenters. The number of anilines is 1. The van der Waals surface area contributed by atoms with E-state index in [1.54, 1.807) is 18.2 Å². The summed E-state index contributed by atoms with van der Waals surface area (Å²) in [7, 11) is -4.23. The van der Waals surface area contributed by atoms with Crippen molar-refractivity contribution in [3.8, 4) is 0 Å². The second kappa shape index (κ2) is 14.5. The standard InChI is InChI=1S/C30H35Cl2N3O4S/c1-4-18-33-30(37)27(5-2)34(19-17-23-9-7-6-8-10-23)29(36)21-35(28-20-24(31)13-16-26(28)32)40(38,39)25-14-11-22(3)12-15-25/h6-16,20,27H,4-5,17-19,21H2,1-3H3,(H,33,37). The van der Waals surface area contributed by atoms with Crippen LogP contribution in [0.4, 0.5) is 5.69 Å². The Hall–Kier alpha value is -3.07. The summed E-state index contributed by atoms with van der Waals surface area (Å²) in [6.07, 6.45) is 1.60. The van der Waals surface area contributed by atoms with Crippen molar-refractivity contribution in [3.63, 3.8) is 0 Å². The summed E-state index contributed by atoms with van der Waals surface area (Å²) in [6.45, 7) is 5.76. The van der Waals surface area contributed by atoms with Crippen molar-refractivity contribution in [1.82, 2.24) is 10.2 Å². The molecule has 0 aliphatic heterocycles. The zero-order valence-electron chi connectivity index (χ0n) is 22.9. The van der Waals surface area contributed by atoms with E-state index in [9.17, 15) is 18.0 Å². The van der Waals surface area contributed by atoms with Crippen molar-refractivity contribution in [2.45, 2.75) is 51.0 Å². The molecule has 0 saturated heterocycles. The minimum absolute atomic E-state index is 0.00510. The zero-order valence-corrected chi connectivity index (χ0v) is 25.3. The smallest absolute Gasteiger partial charge is 0.264 e. The summed E-state index contributed by atoms with van der Waals surface area (Å²) in [5.74, 6) is -0.805. The summed E-state index contributed by atoms with van der Waals surface area (Å²) in [5.41, 5.74) is 1.96. The van der Waals surface area contributed by atoms with E-state index in [2.05, 4.69) is 5.32 Å². The SMILES string of the molecule is CCCNC(=O)C(CC)N(CCc1ccccc1)C(=O)CN(c1cc(Cl)ccc1Cl)S(=O)(=O)c1ccc(C)cc1. The fraction of sp³-hybridized carbons (Fsp3) is 0.333. The fourth-order valence-corrected chi connectivity index (χ4v) is 6.15. The molecule has 1 unspecified atom stereocenters. The fourth-order valence-electron chi connectivity index (χ4n) is 4.29. The molecule has 0 aliphatic rings.